The molecule has 0 bridgehead atoms. The van der Waals surface area contributed by atoms with Gasteiger partial charge in [0, 0.05) is 19.6 Å². The summed E-state index contributed by atoms with van der Waals surface area (Å²) in [5.41, 5.74) is 0. The molecule has 1 aliphatic rings. The standard InChI is InChI=1S/C10H17NO3S/c1-2-3-4-7-11-15(12,13)9-10-6-5-8-14-10/h10-11H,4-9H2,1H3. The van der Waals surface area contributed by atoms with Crippen LogP contribution in [0.1, 0.15) is 26.2 Å². The highest BCUT2D eigenvalue weighted by Crippen LogP contribution is 2.13. The van der Waals surface area contributed by atoms with Gasteiger partial charge in [-0.3, -0.25) is 0 Å². The number of sulfonamides is 1. The maximum absolute atomic E-state index is 11.5. The summed E-state index contributed by atoms with van der Waals surface area (Å²) in [6.07, 6.45) is 2.23. The van der Waals surface area contributed by atoms with Crippen LogP contribution in [0, 0.1) is 11.8 Å². The second-order valence-corrected chi connectivity index (χ2v) is 5.34. The molecule has 1 unspecified atom stereocenters. The third-order valence-corrected chi connectivity index (χ3v) is 3.63. The van der Waals surface area contributed by atoms with E-state index in [1.54, 1.807) is 6.92 Å². The normalized spacial score (nSPS) is 21.0. The van der Waals surface area contributed by atoms with Crippen molar-refractivity contribution in [2.24, 2.45) is 0 Å². The number of hydrogen-bond acceptors (Lipinski definition) is 3. The predicted molar refractivity (Wildman–Crippen MR) is 58.8 cm³/mol. The highest BCUT2D eigenvalue weighted by molar-refractivity contribution is 7.89. The monoisotopic (exact) mass is 231 g/mol. The Morgan fingerprint density at radius 1 is 1.53 bits per heavy atom. The van der Waals surface area contributed by atoms with Gasteiger partial charge in [-0.05, 0) is 19.8 Å². The summed E-state index contributed by atoms with van der Waals surface area (Å²) < 4.78 is 30.8. The molecule has 0 aromatic carbocycles. The Morgan fingerprint density at radius 3 is 2.93 bits per heavy atom. The fourth-order valence-corrected chi connectivity index (χ4v) is 2.76. The molecule has 1 aliphatic heterocycles. The van der Waals surface area contributed by atoms with E-state index in [9.17, 15) is 8.42 Å². The molecule has 1 atom stereocenters. The van der Waals surface area contributed by atoms with Crippen molar-refractivity contribution < 1.29 is 13.2 Å². The Labute approximate surface area is 91.4 Å². The van der Waals surface area contributed by atoms with E-state index in [1.165, 1.54) is 0 Å². The van der Waals surface area contributed by atoms with E-state index in [0.29, 0.717) is 19.6 Å². The Kier molecular flexibility index (Phi) is 5.09. The van der Waals surface area contributed by atoms with Gasteiger partial charge >= 0.3 is 0 Å². The van der Waals surface area contributed by atoms with Crippen LogP contribution in [0.15, 0.2) is 0 Å². The molecule has 1 N–H and O–H groups in total. The van der Waals surface area contributed by atoms with E-state index >= 15 is 0 Å². The summed E-state index contributed by atoms with van der Waals surface area (Å²) in [4.78, 5) is 0. The minimum atomic E-state index is -3.19. The molecule has 5 heteroatoms. The zero-order valence-corrected chi connectivity index (χ0v) is 9.77. The maximum Gasteiger partial charge on any atom is 0.214 e. The summed E-state index contributed by atoms with van der Waals surface area (Å²) in [5, 5.41) is 0. The lowest BCUT2D eigenvalue weighted by atomic mass is 10.3. The summed E-state index contributed by atoms with van der Waals surface area (Å²) in [6, 6.07) is 0. The number of ether oxygens (including phenoxy) is 1. The van der Waals surface area contributed by atoms with Crippen LogP contribution in [-0.2, 0) is 14.8 Å². The summed E-state index contributed by atoms with van der Waals surface area (Å²) in [6.45, 7) is 2.80. The van der Waals surface area contributed by atoms with Crippen molar-refractivity contribution in [1.29, 1.82) is 0 Å². The van der Waals surface area contributed by atoms with Gasteiger partial charge in [-0.2, -0.15) is 0 Å². The van der Waals surface area contributed by atoms with E-state index in [2.05, 4.69) is 16.6 Å². The molecular weight excluding hydrogens is 214 g/mol. The number of rotatable bonds is 5. The fraction of sp³-hybridized carbons (Fsp3) is 0.800. The lowest BCUT2D eigenvalue weighted by Gasteiger charge is -2.10. The van der Waals surface area contributed by atoms with E-state index in [4.69, 9.17) is 4.74 Å². The topological polar surface area (TPSA) is 55.4 Å². The van der Waals surface area contributed by atoms with Gasteiger partial charge in [0.15, 0.2) is 0 Å². The van der Waals surface area contributed by atoms with Gasteiger partial charge in [-0.15, -0.1) is 11.8 Å². The van der Waals surface area contributed by atoms with Gasteiger partial charge in [-0.25, -0.2) is 13.1 Å². The molecule has 0 saturated carbocycles. The van der Waals surface area contributed by atoms with Crippen LogP contribution in [-0.4, -0.2) is 33.4 Å². The molecular formula is C10H17NO3S. The third-order valence-electron chi connectivity index (χ3n) is 2.18. The number of hydrogen-bond donors (Lipinski definition) is 1. The van der Waals surface area contributed by atoms with Gasteiger partial charge in [0.05, 0.1) is 11.9 Å². The first-order chi connectivity index (χ1) is 7.14. The molecule has 0 aliphatic carbocycles. The Balaban J connectivity index is 2.27. The predicted octanol–water partition coefficient (Wildman–Crippen LogP) is 0.498. The summed E-state index contributed by atoms with van der Waals surface area (Å²) in [5.74, 6) is 5.60. The fourth-order valence-electron chi connectivity index (χ4n) is 1.47. The maximum atomic E-state index is 11.5. The molecule has 0 spiro atoms. The van der Waals surface area contributed by atoms with Crippen molar-refractivity contribution in [2.45, 2.75) is 32.3 Å². The third kappa shape index (κ3) is 5.17. The summed E-state index contributed by atoms with van der Waals surface area (Å²) >= 11 is 0. The molecule has 1 heterocycles. The van der Waals surface area contributed by atoms with Crippen molar-refractivity contribution in [3.8, 4) is 11.8 Å². The largest absolute Gasteiger partial charge is 0.377 e. The molecule has 1 saturated heterocycles. The molecule has 15 heavy (non-hydrogen) atoms. The lowest BCUT2D eigenvalue weighted by molar-refractivity contribution is 0.127. The van der Waals surface area contributed by atoms with Crippen LogP contribution in [0.4, 0.5) is 0 Å². The van der Waals surface area contributed by atoms with Gasteiger partial charge in [-0.1, -0.05) is 0 Å². The first-order valence-corrected chi connectivity index (χ1v) is 6.78. The van der Waals surface area contributed by atoms with Crippen molar-refractivity contribution in [3.63, 3.8) is 0 Å². The van der Waals surface area contributed by atoms with Crippen molar-refractivity contribution in [3.05, 3.63) is 0 Å². The minimum absolute atomic E-state index is 0.0759. The zero-order chi connectivity index (χ0) is 11.1. The van der Waals surface area contributed by atoms with Gasteiger partial charge < -0.3 is 4.74 Å². The molecule has 4 nitrogen and oxygen atoms in total. The Hall–Kier alpha value is -0.570. The first-order valence-electron chi connectivity index (χ1n) is 5.12. The average molecular weight is 231 g/mol. The van der Waals surface area contributed by atoms with Crippen LogP contribution in [0.3, 0.4) is 0 Å². The molecule has 0 aromatic heterocycles. The smallest absolute Gasteiger partial charge is 0.214 e. The van der Waals surface area contributed by atoms with Gasteiger partial charge in [0.1, 0.15) is 0 Å². The molecule has 86 valence electrons. The molecule has 0 radical (unpaired) electrons. The average Bonchev–Trinajstić information content (AvgIpc) is 2.64. The summed E-state index contributed by atoms with van der Waals surface area (Å²) in [7, 11) is -3.19. The second kappa shape index (κ2) is 6.11. The van der Waals surface area contributed by atoms with Crippen molar-refractivity contribution in [1.82, 2.24) is 4.72 Å². The molecule has 0 amide bonds. The SMILES string of the molecule is CC#CCCNS(=O)(=O)CC1CCCO1. The van der Waals surface area contributed by atoms with Crippen molar-refractivity contribution >= 4 is 10.0 Å². The van der Waals surface area contributed by atoms with Gasteiger partial charge in [0.2, 0.25) is 10.0 Å². The highest BCUT2D eigenvalue weighted by atomic mass is 32.2. The van der Waals surface area contributed by atoms with Crippen LogP contribution in [0.2, 0.25) is 0 Å². The van der Waals surface area contributed by atoms with E-state index in [1.807, 2.05) is 0 Å². The second-order valence-electron chi connectivity index (χ2n) is 3.49. The lowest BCUT2D eigenvalue weighted by Crippen LogP contribution is -2.32. The molecule has 1 fully saturated rings. The zero-order valence-electron chi connectivity index (χ0n) is 8.95. The van der Waals surface area contributed by atoms with Gasteiger partial charge in [0.25, 0.3) is 0 Å². The molecule has 1 rings (SSSR count). The van der Waals surface area contributed by atoms with Crippen LogP contribution in [0.5, 0.6) is 0 Å². The van der Waals surface area contributed by atoms with Crippen LogP contribution >= 0.6 is 0 Å². The molecule has 0 aromatic rings. The van der Waals surface area contributed by atoms with Crippen molar-refractivity contribution in [2.75, 3.05) is 18.9 Å². The van der Waals surface area contributed by atoms with Crippen LogP contribution < -0.4 is 4.72 Å². The van der Waals surface area contributed by atoms with Crippen LogP contribution in [0.25, 0.3) is 0 Å². The Morgan fingerprint density at radius 2 is 2.33 bits per heavy atom. The quantitative estimate of drug-likeness (QED) is 0.553. The van der Waals surface area contributed by atoms with E-state index < -0.39 is 10.0 Å². The number of nitrogens with one attached hydrogen (secondary N) is 1. The van der Waals surface area contributed by atoms with E-state index in [-0.39, 0.29) is 11.9 Å². The van der Waals surface area contributed by atoms with E-state index in [0.717, 1.165) is 12.8 Å². The first kappa shape index (κ1) is 12.5. The minimum Gasteiger partial charge on any atom is -0.377 e. The highest BCUT2D eigenvalue weighted by Gasteiger charge is 2.22. The Bertz CT molecular complexity index is 333.